The molecule has 0 heterocycles. The van der Waals surface area contributed by atoms with Crippen LogP contribution in [0.1, 0.15) is 50.5 Å². The maximum Gasteiger partial charge on any atom is 0.421 e. The van der Waals surface area contributed by atoms with Gasteiger partial charge in [-0.3, -0.25) is 0 Å². The Morgan fingerprint density at radius 1 is 1.13 bits per heavy atom. The van der Waals surface area contributed by atoms with Crippen molar-refractivity contribution in [2.45, 2.75) is 57.2 Å². The monoisotopic (exact) mass is 394 g/mol. The van der Waals surface area contributed by atoms with Gasteiger partial charge in [-0.1, -0.05) is 34.8 Å². The van der Waals surface area contributed by atoms with E-state index < -0.39 is 11.7 Å². The molecule has 0 spiro atoms. The predicted octanol–water partition coefficient (Wildman–Crippen LogP) is 5.57. The van der Waals surface area contributed by atoms with E-state index in [1.165, 1.54) is 12.1 Å². The van der Waals surface area contributed by atoms with Crippen LogP contribution in [-0.4, -0.2) is 17.8 Å². The third-order valence-corrected chi connectivity index (χ3v) is 5.03. The Hall–Kier alpha value is -0.750. The second-order valence-corrected chi connectivity index (χ2v) is 6.95. The van der Waals surface area contributed by atoms with Crippen LogP contribution in [0.15, 0.2) is 22.7 Å². The van der Waals surface area contributed by atoms with Gasteiger partial charge in [0.2, 0.25) is 0 Å². The number of halogens is 4. The SMILES string of the molecule is OCCCC[C@H]1CC[C@H](Oc2cccc(Br)c2C(F)(F)F)CC1. The fourth-order valence-electron chi connectivity index (χ4n) is 3.14. The number of aliphatic hydroxyl groups is 1. The van der Waals surface area contributed by atoms with E-state index in [0.29, 0.717) is 5.92 Å². The first-order valence-electron chi connectivity index (χ1n) is 8.05. The van der Waals surface area contributed by atoms with Crippen molar-refractivity contribution in [3.8, 4) is 5.75 Å². The highest BCUT2D eigenvalue weighted by Crippen LogP contribution is 2.42. The van der Waals surface area contributed by atoms with Gasteiger partial charge < -0.3 is 9.84 Å². The van der Waals surface area contributed by atoms with Gasteiger partial charge >= 0.3 is 6.18 Å². The zero-order valence-corrected chi connectivity index (χ0v) is 14.5. The first-order valence-corrected chi connectivity index (χ1v) is 8.84. The molecule has 0 unspecified atom stereocenters. The average Bonchev–Trinajstić information content (AvgIpc) is 2.48. The summed E-state index contributed by atoms with van der Waals surface area (Å²) in [7, 11) is 0. The van der Waals surface area contributed by atoms with E-state index in [0.717, 1.165) is 44.9 Å². The first-order chi connectivity index (χ1) is 10.9. The van der Waals surface area contributed by atoms with Gasteiger partial charge in [-0.05, 0) is 50.2 Å². The Morgan fingerprint density at radius 3 is 2.43 bits per heavy atom. The van der Waals surface area contributed by atoms with E-state index in [1.807, 2.05) is 0 Å². The lowest BCUT2D eigenvalue weighted by Gasteiger charge is -2.30. The Kier molecular flexibility index (Phi) is 6.77. The summed E-state index contributed by atoms with van der Waals surface area (Å²) in [4.78, 5) is 0. The molecule has 0 radical (unpaired) electrons. The highest BCUT2D eigenvalue weighted by molar-refractivity contribution is 9.10. The number of aliphatic hydroxyl groups excluding tert-OH is 1. The van der Waals surface area contributed by atoms with Crippen LogP contribution in [0.2, 0.25) is 0 Å². The molecule has 1 aromatic rings. The van der Waals surface area contributed by atoms with Crippen LogP contribution in [-0.2, 0) is 6.18 Å². The van der Waals surface area contributed by atoms with Gasteiger partial charge in [0.1, 0.15) is 11.3 Å². The maximum atomic E-state index is 13.2. The maximum absolute atomic E-state index is 13.2. The number of ether oxygens (including phenoxy) is 1. The third kappa shape index (κ3) is 5.38. The highest BCUT2D eigenvalue weighted by atomic mass is 79.9. The van der Waals surface area contributed by atoms with Crippen molar-refractivity contribution in [2.24, 2.45) is 5.92 Å². The molecule has 0 bridgehead atoms. The minimum atomic E-state index is -4.43. The molecule has 130 valence electrons. The van der Waals surface area contributed by atoms with Crippen LogP contribution in [0.25, 0.3) is 0 Å². The molecule has 0 aliphatic heterocycles. The summed E-state index contributed by atoms with van der Waals surface area (Å²) in [5, 5.41) is 8.80. The Balaban J connectivity index is 1.93. The van der Waals surface area contributed by atoms with E-state index in [-0.39, 0.29) is 22.9 Å². The van der Waals surface area contributed by atoms with Crippen molar-refractivity contribution >= 4 is 15.9 Å². The minimum absolute atomic E-state index is 0.0141. The van der Waals surface area contributed by atoms with Gasteiger partial charge in [0.05, 0.1) is 6.10 Å². The van der Waals surface area contributed by atoms with Crippen molar-refractivity contribution in [1.29, 1.82) is 0 Å². The van der Waals surface area contributed by atoms with Gasteiger partial charge in [-0.15, -0.1) is 0 Å². The molecule has 0 saturated heterocycles. The molecule has 6 heteroatoms. The van der Waals surface area contributed by atoms with Crippen LogP contribution >= 0.6 is 15.9 Å². The number of benzene rings is 1. The second-order valence-electron chi connectivity index (χ2n) is 6.09. The molecule has 1 aliphatic carbocycles. The molecule has 2 rings (SSSR count). The van der Waals surface area contributed by atoms with Crippen molar-refractivity contribution in [1.82, 2.24) is 0 Å². The van der Waals surface area contributed by atoms with E-state index >= 15 is 0 Å². The van der Waals surface area contributed by atoms with Crippen molar-refractivity contribution in [2.75, 3.05) is 6.61 Å². The second kappa shape index (κ2) is 8.38. The van der Waals surface area contributed by atoms with E-state index in [9.17, 15) is 13.2 Å². The smallest absolute Gasteiger partial charge is 0.421 e. The van der Waals surface area contributed by atoms with E-state index in [4.69, 9.17) is 9.84 Å². The number of unbranched alkanes of at least 4 members (excludes halogenated alkanes) is 1. The summed E-state index contributed by atoms with van der Waals surface area (Å²) < 4.78 is 45.2. The average molecular weight is 395 g/mol. The summed E-state index contributed by atoms with van der Waals surface area (Å²) in [6.07, 6.45) is 1.85. The van der Waals surface area contributed by atoms with Crippen LogP contribution in [0, 0.1) is 5.92 Å². The van der Waals surface area contributed by atoms with Gasteiger partial charge in [-0.25, -0.2) is 0 Å². The summed E-state index contributed by atoms with van der Waals surface area (Å²) in [5.41, 5.74) is -0.731. The number of alkyl halides is 3. The Bertz CT molecular complexity index is 497. The van der Waals surface area contributed by atoms with Crippen LogP contribution in [0.3, 0.4) is 0 Å². The minimum Gasteiger partial charge on any atom is -0.490 e. The lowest BCUT2D eigenvalue weighted by atomic mass is 9.84. The molecule has 1 N–H and O–H groups in total. The zero-order valence-electron chi connectivity index (χ0n) is 12.9. The predicted molar refractivity (Wildman–Crippen MR) is 86.5 cm³/mol. The van der Waals surface area contributed by atoms with Gasteiger partial charge in [0.25, 0.3) is 0 Å². The summed E-state index contributed by atoms with van der Waals surface area (Å²) in [5.74, 6) is 0.515. The lowest BCUT2D eigenvalue weighted by Crippen LogP contribution is -2.25. The fraction of sp³-hybridized carbons (Fsp3) is 0.647. The summed E-state index contributed by atoms with van der Waals surface area (Å²) in [6.45, 7) is 0.224. The van der Waals surface area contributed by atoms with Crippen LogP contribution < -0.4 is 4.74 Å². The lowest BCUT2D eigenvalue weighted by molar-refractivity contribution is -0.140. The summed E-state index contributed by atoms with van der Waals surface area (Å²) in [6, 6.07) is 4.34. The van der Waals surface area contributed by atoms with Crippen LogP contribution in [0.5, 0.6) is 5.75 Å². The molecule has 0 aromatic heterocycles. The fourth-order valence-corrected chi connectivity index (χ4v) is 3.71. The molecular weight excluding hydrogens is 373 g/mol. The zero-order chi connectivity index (χ0) is 16.9. The third-order valence-electron chi connectivity index (χ3n) is 4.37. The van der Waals surface area contributed by atoms with E-state index in [2.05, 4.69) is 15.9 Å². The van der Waals surface area contributed by atoms with Crippen molar-refractivity contribution in [3.05, 3.63) is 28.2 Å². The molecular formula is C17H22BrF3O2. The topological polar surface area (TPSA) is 29.5 Å². The number of hydrogen-bond acceptors (Lipinski definition) is 2. The molecule has 23 heavy (non-hydrogen) atoms. The number of rotatable bonds is 6. The molecule has 0 amide bonds. The molecule has 1 aliphatic rings. The quantitative estimate of drug-likeness (QED) is 0.639. The molecule has 2 nitrogen and oxygen atoms in total. The molecule has 1 fully saturated rings. The largest absolute Gasteiger partial charge is 0.490 e. The Morgan fingerprint density at radius 2 is 1.83 bits per heavy atom. The van der Waals surface area contributed by atoms with Gasteiger partial charge in [0, 0.05) is 11.1 Å². The molecule has 0 atom stereocenters. The van der Waals surface area contributed by atoms with Gasteiger partial charge in [0.15, 0.2) is 0 Å². The van der Waals surface area contributed by atoms with Gasteiger partial charge in [-0.2, -0.15) is 13.2 Å². The Labute approximate surface area is 143 Å². The molecule has 1 saturated carbocycles. The highest BCUT2D eigenvalue weighted by Gasteiger charge is 2.37. The number of hydrogen-bond donors (Lipinski definition) is 1. The standard InChI is InChI=1S/C17H22BrF3O2/c18-14-5-3-6-15(16(14)17(19,20)21)23-13-9-7-12(8-10-13)4-1-2-11-22/h3,5-6,12-13,22H,1-2,4,7-11H2/t12-,13-. The molecule has 1 aromatic carbocycles. The van der Waals surface area contributed by atoms with E-state index in [1.54, 1.807) is 6.07 Å². The van der Waals surface area contributed by atoms with Crippen molar-refractivity contribution in [3.63, 3.8) is 0 Å². The first kappa shape index (κ1) is 18.6. The normalized spacial score (nSPS) is 22.1. The summed E-state index contributed by atoms with van der Waals surface area (Å²) >= 11 is 2.97. The van der Waals surface area contributed by atoms with Crippen LogP contribution in [0.4, 0.5) is 13.2 Å². The van der Waals surface area contributed by atoms with Crippen molar-refractivity contribution < 1.29 is 23.0 Å².